The highest BCUT2D eigenvalue weighted by molar-refractivity contribution is 4.95. The lowest BCUT2D eigenvalue weighted by Gasteiger charge is -2.19. The SMILES string of the molecule is CCCn1ncnc1Cn1cc(CNC(C)(C)C)nn1. The van der Waals surface area contributed by atoms with Gasteiger partial charge in [0.25, 0.3) is 0 Å². The van der Waals surface area contributed by atoms with Crippen molar-refractivity contribution in [2.45, 2.75) is 59.3 Å². The fraction of sp³-hybridized carbons (Fsp3) is 0.692. The highest BCUT2D eigenvalue weighted by atomic mass is 15.4. The lowest BCUT2D eigenvalue weighted by atomic mass is 10.1. The van der Waals surface area contributed by atoms with Gasteiger partial charge in [0.15, 0.2) is 0 Å². The van der Waals surface area contributed by atoms with E-state index in [9.17, 15) is 0 Å². The second kappa shape index (κ2) is 6.13. The van der Waals surface area contributed by atoms with Crippen LogP contribution < -0.4 is 5.32 Å². The van der Waals surface area contributed by atoms with Crippen LogP contribution in [0.3, 0.4) is 0 Å². The molecule has 2 aromatic rings. The van der Waals surface area contributed by atoms with Crippen LogP contribution >= 0.6 is 0 Å². The summed E-state index contributed by atoms with van der Waals surface area (Å²) in [6.45, 7) is 10.7. The monoisotopic (exact) mass is 277 g/mol. The normalized spacial score (nSPS) is 12.0. The van der Waals surface area contributed by atoms with E-state index in [0.717, 1.165) is 24.5 Å². The first kappa shape index (κ1) is 14.6. The molecule has 7 heteroatoms. The van der Waals surface area contributed by atoms with Crippen LogP contribution in [0.4, 0.5) is 0 Å². The Labute approximate surface area is 119 Å². The summed E-state index contributed by atoms with van der Waals surface area (Å²) in [5, 5.41) is 15.9. The van der Waals surface area contributed by atoms with Crippen molar-refractivity contribution in [3.63, 3.8) is 0 Å². The smallest absolute Gasteiger partial charge is 0.148 e. The van der Waals surface area contributed by atoms with Crippen molar-refractivity contribution in [2.24, 2.45) is 0 Å². The molecule has 0 aliphatic heterocycles. The van der Waals surface area contributed by atoms with Gasteiger partial charge in [-0.1, -0.05) is 12.1 Å². The lowest BCUT2D eigenvalue weighted by molar-refractivity contribution is 0.421. The summed E-state index contributed by atoms with van der Waals surface area (Å²) in [5.74, 6) is 0.909. The third kappa shape index (κ3) is 4.12. The van der Waals surface area contributed by atoms with Crippen LogP contribution in [-0.4, -0.2) is 35.3 Å². The van der Waals surface area contributed by atoms with Gasteiger partial charge in [0.2, 0.25) is 0 Å². The Hall–Kier alpha value is -1.76. The fourth-order valence-corrected chi connectivity index (χ4v) is 1.81. The molecule has 0 radical (unpaired) electrons. The Morgan fingerprint density at radius 2 is 2.10 bits per heavy atom. The quantitative estimate of drug-likeness (QED) is 0.859. The predicted octanol–water partition coefficient (Wildman–Crippen LogP) is 1.22. The molecular weight excluding hydrogens is 254 g/mol. The molecule has 0 aromatic carbocycles. The van der Waals surface area contributed by atoms with Gasteiger partial charge in [-0.3, -0.25) is 0 Å². The van der Waals surface area contributed by atoms with Crippen molar-refractivity contribution < 1.29 is 0 Å². The minimum Gasteiger partial charge on any atom is -0.306 e. The number of nitrogens with one attached hydrogen (secondary N) is 1. The van der Waals surface area contributed by atoms with E-state index in [1.54, 1.807) is 11.0 Å². The van der Waals surface area contributed by atoms with Gasteiger partial charge >= 0.3 is 0 Å². The average Bonchev–Trinajstić information content (AvgIpc) is 2.97. The Morgan fingerprint density at radius 3 is 2.80 bits per heavy atom. The van der Waals surface area contributed by atoms with Crippen LogP contribution in [0.25, 0.3) is 0 Å². The first-order valence-corrected chi connectivity index (χ1v) is 6.98. The average molecular weight is 277 g/mol. The second-order valence-electron chi connectivity index (χ2n) is 5.91. The topological polar surface area (TPSA) is 73.5 Å². The molecule has 0 bridgehead atoms. The number of hydrogen-bond acceptors (Lipinski definition) is 5. The number of hydrogen-bond donors (Lipinski definition) is 1. The number of nitrogens with zero attached hydrogens (tertiary/aromatic N) is 6. The molecule has 7 nitrogen and oxygen atoms in total. The molecule has 110 valence electrons. The van der Waals surface area contributed by atoms with E-state index < -0.39 is 0 Å². The summed E-state index contributed by atoms with van der Waals surface area (Å²) in [7, 11) is 0. The van der Waals surface area contributed by atoms with Gasteiger partial charge in [-0.05, 0) is 27.2 Å². The summed E-state index contributed by atoms with van der Waals surface area (Å²) in [6.07, 6.45) is 4.57. The summed E-state index contributed by atoms with van der Waals surface area (Å²) in [4.78, 5) is 4.27. The molecule has 2 heterocycles. The molecule has 0 amide bonds. The highest BCUT2D eigenvalue weighted by Gasteiger charge is 2.11. The lowest BCUT2D eigenvalue weighted by Crippen LogP contribution is -2.35. The van der Waals surface area contributed by atoms with Gasteiger partial charge in [-0.15, -0.1) is 5.10 Å². The van der Waals surface area contributed by atoms with Crippen LogP contribution in [0, 0.1) is 0 Å². The number of aromatic nitrogens is 6. The highest BCUT2D eigenvalue weighted by Crippen LogP contribution is 2.03. The molecular formula is C13H23N7. The van der Waals surface area contributed by atoms with E-state index in [-0.39, 0.29) is 5.54 Å². The summed E-state index contributed by atoms with van der Waals surface area (Å²) >= 11 is 0. The van der Waals surface area contributed by atoms with Crippen LogP contribution in [0.2, 0.25) is 0 Å². The Bertz CT molecular complexity index is 535. The molecule has 0 unspecified atom stereocenters. The van der Waals surface area contributed by atoms with Gasteiger partial charge in [0, 0.05) is 18.6 Å². The predicted molar refractivity (Wildman–Crippen MR) is 76.0 cm³/mol. The number of aryl methyl sites for hydroxylation is 1. The van der Waals surface area contributed by atoms with E-state index >= 15 is 0 Å². The van der Waals surface area contributed by atoms with E-state index in [4.69, 9.17) is 0 Å². The van der Waals surface area contributed by atoms with Crippen molar-refractivity contribution in [3.8, 4) is 0 Å². The third-order valence-electron chi connectivity index (χ3n) is 2.82. The molecule has 0 aliphatic rings. The fourth-order valence-electron chi connectivity index (χ4n) is 1.81. The van der Waals surface area contributed by atoms with Gasteiger partial charge in [0.1, 0.15) is 18.7 Å². The van der Waals surface area contributed by atoms with Crippen molar-refractivity contribution >= 4 is 0 Å². The minimum absolute atomic E-state index is 0.0745. The van der Waals surface area contributed by atoms with Crippen LogP contribution in [-0.2, 0) is 19.6 Å². The van der Waals surface area contributed by atoms with Crippen molar-refractivity contribution in [1.29, 1.82) is 0 Å². The van der Waals surface area contributed by atoms with Gasteiger partial charge < -0.3 is 5.32 Å². The van der Waals surface area contributed by atoms with Crippen molar-refractivity contribution in [1.82, 2.24) is 35.1 Å². The maximum atomic E-state index is 4.27. The van der Waals surface area contributed by atoms with Gasteiger partial charge in [-0.25, -0.2) is 14.3 Å². The van der Waals surface area contributed by atoms with Crippen LogP contribution in [0.15, 0.2) is 12.5 Å². The molecule has 0 atom stereocenters. The minimum atomic E-state index is 0.0745. The maximum absolute atomic E-state index is 4.27. The Kier molecular flexibility index (Phi) is 4.49. The first-order chi connectivity index (χ1) is 9.48. The molecule has 2 aromatic heterocycles. The molecule has 0 saturated carbocycles. The van der Waals surface area contributed by atoms with E-state index in [0.29, 0.717) is 13.1 Å². The first-order valence-electron chi connectivity index (χ1n) is 6.98. The molecule has 0 fully saturated rings. The zero-order valence-electron chi connectivity index (χ0n) is 12.7. The largest absolute Gasteiger partial charge is 0.306 e. The van der Waals surface area contributed by atoms with Crippen LogP contribution in [0.1, 0.15) is 45.6 Å². The standard InChI is InChI=1S/C13H23N7/c1-5-6-20-12(14-10-16-20)9-19-8-11(17-18-19)7-15-13(2,3)4/h8,10,15H,5-7,9H2,1-4H3. The summed E-state index contributed by atoms with van der Waals surface area (Å²) < 4.78 is 3.71. The zero-order valence-corrected chi connectivity index (χ0v) is 12.7. The maximum Gasteiger partial charge on any atom is 0.148 e. The van der Waals surface area contributed by atoms with Gasteiger partial charge in [0.05, 0.1) is 11.9 Å². The molecule has 1 N–H and O–H groups in total. The second-order valence-corrected chi connectivity index (χ2v) is 5.91. The molecule has 20 heavy (non-hydrogen) atoms. The summed E-state index contributed by atoms with van der Waals surface area (Å²) in [5.41, 5.74) is 1.01. The van der Waals surface area contributed by atoms with Crippen LogP contribution in [0.5, 0.6) is 0 Å². The summed E-state index contributed by atoms with van der Waals surface area (Å²) in [6, 6.07) is 0. The number of rotatable bonds is 6. The molecule has 0 aliphatic carbocycles. The van der Waals surface area contributed by atoms with Gasteiger partial charge in [-0.2, -0.15) is 5.10 Å². The van der Waals surface area contributed by atoms with E-state index in [1.165, 1.54) is 0 Å². The molecule has 2 rings (SSSR count). The Balaban J connectivity index is 1.97. The van der Waals surface area contributed by atoms with E-state index in [1.807, 2.05) is 10.9 Å². The van der Waals surface area contributed by atoms with E-state index in [2.05, 4.69) is 53.4 Å². The Morgan fingerprint density at radius 1 is 1.30 bits per heavy atom. The molecule has 0 spiro atoms. The molecule has 0 saturated heterocycles. The van der Waals surface area contributed by atoms with Crippen molar-refractivity contribution in [3.05, 3.63) is 24.0 Å². The zero-order chi connectivity index (χ0) is 14.6. The van der Waals surface area contributed by atoms with Crippen molar-refractivity contribution in [2.75, 3.05) is 0 Å². The third-order valence-corrected chi connectivity index (χ3v) is 2.82.